The molecule has 21 heavy (non-hydrogen) atoms. The van der Waals surface area contributed by atoms with Crippen LogP contribution < -0.4 is 0 Å². The molecule has 1 atom stereocenters. The standard InChI is InChI=1S/C14H18O5S2/c1-3-4-13(11-21(17,18)19)9-10-20(15,16)14-7-5-12(2)6-8-14/h5-8,13H,9-11H2,1-2H3,(H,17,18,19). The highest BCUT2D eigenvalue weighted by atomic mass is 32.2. The summed E-state index contributed by atoms with van der Waals surface area (Å²) in [5.74, 6) is 3.69. The van der Waals surface area contributed by atoms with Gasteiger partial charge in [-0.1, -0.05) is 23.6 Å². The summed E-state index contributed by atoms with van der Waals surface area (Å²) in [4.78, 5) is 0.197. The second-order valence-electron chi connectivity index (χ2n) is 4.76. The van der Waals surface area contributed by atoms with Crippen LogP contribution in [0.1, 0.15) is 18.9 Å². The Morgan fingerprint density at radius 1 is 1.14 bits per heavy atom. The molecule has 0 aliphatic carbocycles. The van der Waals surface area contributed by atoms with Gasteiger partial charge >= 0.3 is 0 Å². The lowest BCUT2D eigenvalue weighted by molar-refractivity contribution is 0.474. The molecule has 0 spiro atoms. The van der Waals surface area contributed by atoms with Crippen LogP contribution in [0.4, 0.5) is 0 Å². The van der Waals surface area contributed by atoms with E-state index in [1.54, 1.807) is 12.1 Å². The third-order valence-electron chi connectivity index (χ3n) is 2.88. The summed E-state index contributed by atoms with van der Waals surface area (Å²) in [6.45, 7) is 3.39. The molecule has 5 nitrogen and oxygen atoms in total. The van der Waals surface area contributed by atoms with Crippen molar-refractivity contribution in [3.05, 3.63) is 29.8 Å². The second-order valence-corrected chi connectivity index (χ2v) is 8.37. The highest BCUT2D eigenvalue weighted by Crippen LogP contribution is 2.16. The van der Waals surface area contributed by atoms with Crippen molar-refractivity contribution in [3.63, 3.8) is 0 Å². The molecule has 0 saturated heterocycles. The highest BCUT2D eigenvalue weighted by Gasteiger charge is 2.20. The predicted octanol–water partition coefficient (Wildman–Crippen LogP) is 1.69. The maximum atomic E-state index is 12.2. The van der Waals surface area contributed by atoms with Gasteiger partial charge in [0, 0.05) is 5.92 Å². The fraction of sp³-hybridized carbons (Fsp3) is 0.429. The number of aryl methyl sites for hydroxylation is 1. The monoisotopic (exact) mass is 330 g/mol. The zero-order valence-corrected chi connectivity index (χ0v) is 13.5. The van der Waals surface area contributed by atoms with Crippen molar-refractivity contribution in [3.8, 4) is 11.8 Å². The van der Waals surface area contributed by atoms with E-state index in [-0.39, 0.29) is 17.1 Å². The van der Waals surface area contributed by atoms with E-state index in [1.165, 1.54) is 19.1 Å². The second kappa shape index (κ2) is 7.07. The Morgan fingerprint density at radius 3 is 2.19 bits per heavy atom. The molecule has 1 aromatic carbocycles. The van der Waals surface area contributed by atoms with Crippen molar-refractivity contribution < 1.29 is 21.4 Å². The van der Waals surface area contributed by atoms with Gasteiger partial charge in [0.2, 0.25) is 0 Å². The molecular formula is C14H18O5S2. The predicted molar refractivity (Wildman–Crippen MR) is 81.2 cm³/mol. The van der Waals surface area contributed by atoms with Crippen LogP contribution in [0.15, 0.2) is 29.2 Å². The van der Waals surface area contributed by atoms with Crippen molar-refractivity contribution in [1.29, 1.82) is 0 Å². The molecule has 0 aliphatic heterocycles. The van der Waals surface area contributed by atoms with E-state index in [9.17, 15) is 16.8 Å². The first-order valence-corrected chi connectivity index (χ1v) is 9.57. The maximum absolute atomic E-state index is 12.2. The molecule has 7 heteroatoms. The van der Waals surface area contributed by atoms with Gasteiger partial charge in [-0.3, -0.25) is 4.55 Å². The molecule has 1 N–H and O–H groups in total. The summed E-state index contributed by atoms with van der Waals surface area (Å²) < 4.78 is 54.9. The van der Waals surface area contributed by atoms with Crippen LogP contribution >= 0.6 is 0 Å². The van der Waals surface area contributed by atoms with E-state index in [1.807, 2.05) is 6.92 Å². The summed E-state index contributed by atoms with van der Waals surface area (Å²) >= 11 is 0. The summed E-state index contributed by atoms with van der Waals surface area (Å²) in [5, 5.41) is 0. The molecule has 116 valence electrons. The Balaban J connectivity index is 2.83. The molecule has 0 heterocycles. The largest absolute Gasteiger partial charge is 0.286 e. The van der Waals surface area contributed by atoms with E-state index in [4.69, 9.17) is 4.55 Å². The van der Waals surface area contributed by atoms with Gasteiger partial charge in [0.15, 0.2) is 9.84 Å². The first-order chi connectivity index (χ1) is 9.64. The van der Waals surface area contributed by atoms with Gasteiger partial charge in [-0.05, 0) is 32.4 Å². The van der Waals surface area contributed by atoms with E-state index < -0.39 is 31.6 Å². The molecular weight excluding hydrogens is 312 g/mol. The van der Waals surface area contributed by atoms with Gasteiger partial charge in [0.25, 0.3) is 10.1 Å². The van der Waals surface area contributed by atoms with Crippen molar-refractivity contribution in [1.82, 2.24) is 0 Å². The molecule has 0 aliphatic rings. The van der Waals surface area contributed by atoms with E-state index in [0.29, 0.717) is 0 Å². The summed E-state index contributed by atoms with van der Waals surface area (Å²) in [5.41, 5.74) is 0.954. The van der Waals surface area contributed by atoms with Crippen LogP contribution in [0.2, 0.25) is 0 Å². The maximum Gasteiger partial charge on any atom is 0.266 e. The lowest BCUT2D eigenvalue weighted by Crippen LogP contribution is -2.18. The highest BCUT2D eigenvalue weighted by molar-refractivity contribution is 7.91. The summed E-state index contributed by atoms with van der Waals surface area (Å²) in [6, 6.07) is 6.45. The number of rotatable bonds is 6. The summed E-state index contributed by atoms with van der Waals surface area (Å²) in [7, 11) is -7.67. The minimum atomic E-state index is -4.18. The Hall–Kier alpha value is -1.36. The molecule has 1 unspecified atom stereocenters. The van der Waals surface area contributed by atoms with Crippen LogP contribution in [-0.2, 0) is 20.0 Å². The normalized spacial score (nSPS) is 13.3. The minimum absolute atomic E-state index is 0.0524. The Bertz CT molecular complexity index is 735. The average molecular weight is 330 g/mol. The van der Waals surface area contributed by atoms with Gasteiger partial charge < -0.3 is 0 Å². The number of sulfone groups is 1. The Labute approximate surface area is 126 Å². The van der Waals surface area contributed by atoms with E-state index >= 15 is 0 Å². The molecule has 1 rings (SSSR count). The lowest BCUT2D eigenvalue weighted by atomic mass is 10.1. The van der Waals surface area contributed by atoms with Crippen molar-refractivity contribution >= 4 is 20.0 Å². The molecule has 1 aromatic rings. The first kappa shape index (κ1) is 17.7. The van der Waals surface area contributed by atoms with Gasteiger partial charge in [-0.15, -0.1) is 5.92 Å². The molecule has 0 saturated carbocycles. The fourth-order valence-electron chi connectivity index (χ4n) is 1.82. The van der Waals surface area contributed by atoms with Gasteiger partial charge in [0.05, 0.1) is 16.4 Å². The smallest absolute Gasteiger partial charge is 0.266 e. The van der Waals surface area contributed by atoms with Crippen LogP contribution in [-0.4, -0.2) is 32.9 Å². The summed E-state index contributed by atoms with van der Waals surface area (Å²) in [6.07, 6.45) is 0.0524. The number of benzene rings is 1. The quantitative estimate of drug-likeness (QED) is 0.633. The van der Waals surface area contributed by atoms with Crippen molar-refractivity contribution in [2.45, 2.75) is 25.2 Å². The average Bonchev–Trinajstić information content (AvgIpc) is 2.35. The number of hydrogen-bond donors (Lipinski definition) is 1. The third kappa shape index (κ3) is 6.29. The van der Waals surface area contributed by atoms with Crippen molar-refractivity contribution in [2.24, 2.45) is 5.92 Å². The fourth-order valence-corrected chi connectivity index (χ4v) is 3.96. The van der Waals surface area contributed by atoms with Crippen LogP contribution in [0, 0.1) is 24.7 Å². The topological polar surface area (TPSA) is 88.5 Å². The number of hydrogen-bond acceptors (Lipinski definition) is 4. The zero-order valence-electron chi connectivity index (χ0n) is 11.9. The van der Waals surface area contributed by atoms with Crippen LogP contribution in [0.3, 0.4) is 0 Å². The van der Waals surface area contributed by atoms with E-state index in [0.717, 1.165) is 5.56 Å². The SMILES string of the molecule is CC#CC(CCS(=O)(=O)c1ccc(C)cc1)CS(=O)(=O)O. The van der Waals surface area contributed by atoms with Gasteiger partial charge in [-0.25, -0.2) is 8.42 Å². The Kier molecular flexibility index (Phi) is 5.96. The van der Waals surface area contributed by atoms with Crippen LogP contribution in [0.5, 0.6) is 0 Å². The zero-order chi connectivity index (χ0) is 16.1. The van der Waals surface area contributed by atoms with E-state index in [2.05, 4.69) is 11.8 Å². The van der Waals surface area contributed by atoms with Crippen LogP contribution in [0.25, 0.3) is 0 Å². The molecule has 0 radical (unpaired) electrons. The Morgan fingerprint density at radius 2 is 1.71 bits per heavy atom. The van der Waals surface area contributed by atoms with Crippen molar-refractivity contribution in [2.75, 3.05) is 11.5 Å². The first-order valence-electron chi connectivity index (χ1n) is 6.31. The lowest BCUT2D eigenvalue weighted by Gasteiger charge is -2.09. The molecule has 0 bridgehead atoms. The molecule has 0 fully saturated rings. The third-order valence-corrected chi connectivity index (χ3v) is 5.46. The molecule has 0 aromatic heterocycles. The van der Waals surface area contributed by atoms with Gasteiger partial charge in [-0.2, -0.15) is 8.42 Å². The minimum Gasteiger partial charge on any atom is -0.286 e. The van der Waals surface area contributed by atoms with Gasteiger partial charge in [0.1, 0.15) is 0 Å². The molecule has 0 amide bonds.